The number of nitrogens with one attached hydrogen (secondary N) is 1. The largest absolute Gasteiger partial charge is 0.497 e. The molecule has 1 fully saturated rings. The zero-order valence-electron chi connectivity index (χ0n) is 22.8. The molecule has 3 amide bonds. The van der Waals surface area contributed by atoms with Gasteiger partial charge in [-0.05, 0) is 66.2 Å². The number of thiazole rings is 1. The van der Waals surface area contributed by atoms with Gasteiger partial charge < -0.3 is 10.1 Å². The summed E-state index contributed by atoms with van der Waals surface area (Å²) in [6, 6.07) is 19.3. The molecule has 3 heterocycles. The molecule has 3 aromatic carbocycles. The number of hydrogen-bond acceptors (Lipinski definition) is 9. The molecule has 2 unspecified atom stereocenters. The highest BCUT2D eigenvalue weighted by atomic mass is 79.9. The first-order valence-electron chi connectivity index (χ1n) is 13.1. The molecule has 1 aromatic heterocycles. The Hall–Kier alpha value is -3.76. The quantitative estimate of drug-likeness (QED) is 0.274. The van der Waals surface area contributed by atoms with Crippen molar-refractivity contribution in [2.75, 3.05) is 17.3 Å². The van der Waals surface area contributed by atoms with Crippen LogP contribution in [0.15, 0.2) is 92.0 Å². The number of hydrogen-bond donors (Lipinski definition) is 2. The third-order valence-electron chi connectivity index (χ3n) is 7.38. The van der Waals surface area contributed by atoms with Gasteiger partial charge in [0.1, 0.15) is 17.5 Å². The number of amides is 3. The van der Waals surface area contributed by atoms with Gasteiger partial charge in [-0.15, -0.1) is 0 Å². The predicted octanol–water partition coefficient (Wildman–Crippen LogP) is 3.76. The van der Waals surface area contributed by atoms with Gasteiger partial charge in [0.15, 0.2) is 0 Å². The van der Waals surface area contributed by atoms with Crippen LogP contribution in [0.1, 0.15) is 16.4 Å². The molecule has 6 rings (SSSR count). The molecule has 1 saturated heterocycles. The first-order chi connectivity index (χ1) is 21.0. The van der Waals surface area contributed by atoms with Gasteiger partial charge in [-0.3, -0.25) is 23.7 Å². The van der Waals surface area contributed by atoms with Crippen molar-refractivity contribution in [3.05, 3.63) is 97.4 Å². The van der Waals surface area contributed by atoms with E-state index in [1.807, 2.05) is 12.1 Å². The Morgan fingerprint density at radius 3 is 2.25 bits per heavy atom. The predicted molar refractivity (Wildman–Crippen MR) is 170 cm³/mol. The van der Waals surface area contributed by atoms with Crippen molar-refractivity contribution in [2.24, 2.45) is 11.1 Å². The lowest BCUT2D eigenvalue weighted by molar-refractivity contribution is -0.122. The minimum absolute atomic E-state index is 0.109. The summed E-state index contributed by atoms with van der Waals surface area (Å²) in [6.07, 6.45) is 0. The van der Waals surface area contributed by atoms with Crippen LogP contribution in [0.5, 0.6) is 5.75 Å². The summed E-state index contributed by atoms with van der Waals surface area (Å²) in [5.74, 6) is -2.09. The van der Waals surface area contributed by atoms with Crippen molar-refractivity contribution in [2.45, 2.75) is 27.6 Å². The molecule has 3 atom stereocenters. The summed E-state index contributed by atoms with van der Waals surface area (Å²) in [4.78, 5) is 55.5. The van der Waals surface area contributed by atoms with E-state index in [1.54, 1.807) is 43.5 Å². The third kappa shape index (κ3) is 5.49. The summed E-state index contributed by atoms with van der Waals surface area (Å²) >= 11 is 5.44. The van der Waals surface area contributed by atoms with E-state index in [0.717, 1.165) is 33.1 Å². The lowest BCUT2D eigenvalue weighted by Crippen LogP contribution is -2.33. The SMILES string of the molecule is COc1ccc([C@@H]2c3sc(=O)n(CC(=O)Nc4ccc(S(N)(=O)=O)cc4)c3SC3C(=O)N(c4ccc(Br)cc4)C(=O)C32)cc1. The first kappa shape index (κ1) is 30.3. The summed E-state index contributed by atoms with van der Waals surface area (Å²) < 4.78 is 30.5. The van der Waals surface area contributed by atoms with Gasteiger partial charge in [0.25, 0.3) is 0 Å². The lowest BCUT2D eigenvalue weighted by atomic mass is 9.83. The van der Waals surface area contributed by atoms with Gasteiger partial charge in [0, 0.05) is 21.0 Å². The van der Waals surface area contributed by atoms with Crippen molar-refractivity contribution in [1.82, 2.24) is 4.57 Å². The zero-order valence-corrected chi connectivity index (χ0v) is 26.8. The number of methoxy groups -OCH3 is 1. The second-order valence-corrected chi connectivity index (χ2v) is 14.6. The smallest absolute Gasteiger partial charge is 0.308 e. The molecule has 226 valence electrons. The van der Waals surface area contributed by atoms with Gasteiger partial charge in [0.05, 0.1) is 28.6 Å². The normalized spacial score (nSPS) is 19.4. The number of rotatable bonds is 7. The molecule has 0 radical (unpaired) electrons. The van der Waals surface area contributed by atoms with Gasteiger partial charge in [-0.25, -0.2) is 18.5 Å². The van der Waals surface area contributed by atoms with Crippen molar-refractivity contribution in [1.29, 1.82) is 0 Å². The number of nitrogens with two attached hydrogens (primary N) is 1. The number of aromatic nitrogens is 1. The summed E-state index contributed by atoms with van der Waals surface area (Å²) in [7, 11) is -2.36. The molecular formula is C29H23BrN4O7S3. The number of carbonyl (C=O) groups excluding carboxylic acids is 3. The molecule has 2 aliphatic rings. The van der Waals surface area contributed by atoms with Crippen molar-refractivity contribution < 1.29 is 27.5 Å². The van der Waals surface area contributed by atoms with Gasteiger partial charge in [-0.1, -0.05) is 51.2 Å². The highest BCUT2D eigenvalue weighted by molar-refractivity contribution is 9.10. The van der Waals surface area contributed by atoms with E-state index in [-0.39, 0.29) is 17.3 Å². The Kier molecular flexibility index (Phi) is 8.00. The highest BCUT2D eigenvalue weighted by Gasteiger charge is 2.56. The fourth-order valence-corrected chi connectivity index (χ4v) is 8.90. The maximum absolute atomic E-state index is 14.0. The number of primary sulfonamides is 1. The first-order valence-corrected chi connectivity index (χ1v) is 17.1. The number of benzene rings is 3. The Morgan fingerprint density at radius 1 is 0.977 bits per heavy atom. The van der Waals surface area contributed by atoms with Crippen LogP contribution in [0.25, 0.3) is 0 Å². The minimum Gasteiger partial charge on any atom is -0.497 e. The van der Waals surface area contributed by atoms with Crippen LogP contribution < -0.4 is 25.0 Å². The van der Waals surface area contributed by atoms with E-state index in [1.165, 1.54) is 33.7 Å². The lowest BCUT2D eigenvalue weighted by Gasteiger charge is -2.30. The fourth-order valence-electron chi connectivity index (χ4n) is 5.34. The molecule has 0 saturated carbocycles. The molecular weight excluding hydrogens is 692 g/mol. The number of halogens is 1. The summed E-state index contributed by atoms with van der Waals surface area (Å²) in [6.45, 7) is -0.361. The van der Waals surface area contributed by atoms with Crippen LogP contribution in [-0.2, 0) is 31.0 Å². The standard InChI is InChI=1S/C29H23BrN4O7S3/c1-41-19-10-2-15(3-11-19)22-23-24(27(37)34(26(23)36)18-8-4-16(30)5-9-18)42-28-25(22)43-29(38)33(28)14-21(35)32-17-6-12-20(13-7-17)44(31,39)40/h2-13,22-24H,14H2,1H3,(H,32,35)(H2,31,39,40)/t22-,23?,24?/m0/s1. The van der Waals surface area contributed by atoms with Gasteiger partial charge in [-0.2, -0.15) is 0 Å². The number of nitrogens with zero attached hydrogens (tertiary/aromatic N) is 2. The molecule has 0 bridgehead atoms. The molecule has 44 heavy (non-hydrogen) atoms. The van der Waals surface area contributed by atoms with E-state index in [0.29, 0.717) is 27.0 Å². The van der Waals surface area contributed by atoms with Crippen LogP contribution in [-0.4, -0.2) is 43.1 Å². The second kappa shape index (κ2) is 11.6. The Morgan fingerprint density at radius 2 is 1.64 bits per heavy atom. The average Bonchev–Trinajstić information content (AvgIpc) is 3.43. The van der Waals surface area contributed by atoms with Crippen molar-refractivity contribution in [3.8, 4) is 5.75 Å². The average molecular weight is 716 g/mol. The molecule has 0 aliphatic carbocycles. The number of carbonyl (C=O) groups is 3. The van der Waals surface area contributed by atoms with Crippen molar-refractivity contribution >= 4 is 78.1 Å². The Bertz CT molecular complexity index is 1960. The number of anilines is 2. The Labute approximate surface area is 268 Å². The maximum atomic E-state index is 14.0. The zero-order chi connectivity index (χ0) is 31.3. The van der Waals surface area contributed by atoms with E-state index >= 15 is 0 Å². The summed E-state index contributed by atoms with van der Waals surface area (Å²) in [5.41, 5.74) is 1.49. The third-order valence-corrected chi connectivity index (χ3v) is 11.4. The molecule has 3 N–H and O–H groups in total. The minimum atomic E-state index is -3.90. The molecule has 2 aliphatic heterocycles. The molecule has 0 spiro atoms. The number of fused-ring (bicyclic) bond motifs is 2. The highest BCUT2D eigenvalue weighted by Crippen LogP contribution is 2.54. The summed E-state index contributed by atoms with van der Waals surface area (Å²) in [5, 5.41) is 7.41. The van der Waals surface area contributed by atoms with Crippen LogP contribution in [0.4, 0.5) is 11.4 Å². The topological polar surface area (TPSA) is 158 Å². The van der Waals surface area contributed by atoms with Gasteiger partial charge in [0.2, 0.25) is 27.7 Å². The van der Waals surface area contributed by atoms with Crippen LogP contribution in [0, 0.1) is 5.92 Å². The van der Waals surface area contributed by atoms with Gasteiger partial charge >= 0.3 is 4.87 Å². The number of sulfonamides is 1. The number of imide groups is 1. The molecule has 4 aromatic rings. The maximum Gasteiger partial charge on any atom is 0.308 e. The number of thioether (sulfide) groups is 1. The number of ether oxygens (including phenoxy) is 1. The molecule has 11 nitrogen and oxygen atoms in total. The van der Waals surface area contributed by atoms with E-state index in [9.17, 15) is 27.6 Å². The van der Waals surface area contributed by atoms with E-state index < -0.39 is 43.8 Å². The van der Waals surface area contributed by atoms with Crippen LogP contribution in [0.3, 0.4) is 0 Å². The second-order valence-electron chi connectivity index (χ2n) is 10.0. The Balaban J connectivity index is 1.37. The van der Waals surface area contributed by atoms with Crippen molar-refractivity contribution in [3.63, 3.8) is 0 Å². The van der Waals surface area contributed by atoms with E-state index in [2.05, 4.69) is 21.2 Å². The van der Waals surface area contributed by atoms with Crippen LogP contribution in [0.2, 0.25) is 0 Å². The monoisotopic (exact) mass is 714 g/mol. The van der Waals surface area contributed by atoms with Crippen LogP contribution >= 0.6 is 39.0 Å². The molecule has 15 heteroatoms. The fraction of sp³-hybridized carbons (Fsp3) is 0.172. The van der Waals surface area contributed by atoms with E-state index in [4.69, 9.17) is 9.88 Å².